The Balaban J connectivity index is 3.44. The Kier molecular flexibility index (Phi) is 3.48. The predicted octanol–water partition coefficient (Wildman–Crippen LogP) is 0.162. The topological polar surface area (TPSA) is 40.5 Å². The minimum absolute atomic E-state index is 0.00713. The highest BCUT2D eigenvalue weighted by Crippen LogP contribution is 2.00. The van der Waals surface area contributed by atoms with E-state index in [2.05, 4.69) is 6.58 Å². The molecule has 0 bridgehead atoms. The molecule has 0 radical (unpaired) electrons. The molecule has 2 nitrogen and oxygen atoms in total. The summed E-state index contributed by atoms with van der Waals surface area (Å²) in [5.41, 5.74) is 0. The lowest BCUT2D eigenvalue weighted by Crippen LogP contribution is -2.17. The Morgan fingerprint density at radius 2 is 2.25 bits per heavy atom. The molecular weight excluding hydrogens is 104 g/mol. The van der Waals surface area contributed by atoms with Crippen molar-refractivity contribution in [3.8, 4) is 0 Å². The van der Waals surface area contributed by atoms with Crippen LogP contribution in [0.4, 0.5) is 0 Å². The van der Waals surface area contributed by atoms with Crippen molar-refractivity contribution in [2.24, 2.45) is 5.92 Å². The van der Waals surface area contributed by atoms with E-state index in [1.807, 2.05) is 0 Å². The van der Waals surface area contributed by atoms with Gasteiger partial charge in [0.2, 0.25) is 0 Å². The van der Waals surface area contributed by atoms with Crippen LogP contribution in [0.25, 0.3) is 0 Å². The zero-order valence-corrected chi connectivity index (χ0v) is 5.04. The van der Waals surface area contributed by atoms with E-state index < -0.39 is 6.10 Å². The van der Waals surface area contributed by atoms with Crippen molar-refractivity contribution in [2.45, 2.75) is 13.0 Å². The van der Waals surface area contributed by atoms with Gasteiger partial charge in [0.05, 0.1) is 6.10 Å². The summed E-state index contributed by atoms with van der Waals surface area (Å²) >= 11 is 0. The Labute approximate surface area is 49.5 Å². The van der Waals surface area contributed by atoms with Gasteiger partial charge >= 0.3 is 0 Å². The average molecular weight is 116 g/mol. The SMILES string of the molecule is C=CC(O)C(C)CO. The van der Waals surface area contributed by atoms with Gasteiger partial charge in [-0.15, -0.1) is 6.58 Å². The fourth-order valence-corrected chi connectivity index (χ4v) is 0.340. The molecule has 48 valence electrons. The van der Waals surface area contributed by atoms with Gasteiger partial charge in [0.1, 0.15) is 0 Å². The molecule has 0 spiro atoms. The summed E-state index contributed by atoms with van der Waals surface area (Å²) in [6, 6.07) is 0. The zero-order valence-electron chi connectivity index (χ0n) is 5.04. The summed E-state index contributed by atoms with van der Waals surface area (Å²) in [4.78, 5) is 0. The van der Waals surface area contributed by atoms with E-state index in [0.29, 0.717) is 0 Å². The maximum Gasteiger partial charge on any atom is 0.0765 e. The van der Waals surface area contributed by atoms with Gasteiger partial charge in [0.25, 0.3) is 0 Å². The molecule has 0 saturated carbocycles. The molecule has 0 heterocycles. The minimum atomic E-state index is -0.569. The van der Waals surface area contributed by atoms with Gasteiger partial charge in [-0.1, -0.05) is 13.0 Å². The monoisotopic (exact) mass is 116 g/mol. The smallest absolute Gasteiger partial charge is 0.0765 e. The lowest BCUT2D eigenvalue weighted by molar-refractivity contribution is 0.112. The van der Waals surface area contributed by atoms with Gasteiger partial charge in [0.15, 0.2) is 0 Å². The minimum Gasteiger partial charge on any atom is -0.396 e. The molecular formula is C6H12O2. The first-order valence-corrected chi connectivity index (χ1v) is 2.63. The normalized spacial score (nSPS) is 17.4. The first-order chi connectivity index (χ1) is 3.72. The maximum absolute atomic E-state index is 8.85. The Bertz CT molecular complexity index is 70.9. The number of rotatable bonds is 3. The van der Waals surface area contributed by atoms with Crippen LogP contribution in [-0.2, 0) is 0 Å². The summed E-state index contributed by atoms with van der Waals surface area (Å²) in [5, 5.41) is 17.3. The van der Waals surface area contributed by atoms with Crippen LogP contribution in [0, 0.1) is 5.92 Å². The maximum atomic E-state index is 8.85. The van der Waals surface area contributed by atoms with Gasteiger partial charge in [0, 0.05) is 12.5 Å². The van der Waals surface area contributed by atoms with Gasteiger partial charge in [-0.2, -0.15) is 0 Å². The molecule has 2 unspecified atom stereocenters. The third-order valence-electron chi connectivity index (χ3n) is 1.11. The fourth-order valence-electron chi connectivity index (χ4n) is 0.340. The molecule has 2 N–H and O–H groups in total. The van der Waals surface area contributed by atoms with Crippen LogP contribution < -0.4 is 0 Å². The summed E-state index contributed by atoms with van der Waals surface area (Å²) in [6.45, 7) is 5.13. The molecule has 0 aliphatic carbocycles. The number of hydrogen-bond donors (Lipinski definition) is 2. The molecule has 8 heavy (non-hydrogen) atoms. The molecule has 2 atom stereocenters. The van der Waals surface area contributed by atoms with E-state index in [1.165, 1.54) is 6.08 Å². The molecule has 2 heteroatoms. The lowest BCUT2D eigenvalue weighted by Gasteiger charge is -2.10. The highest BCUT2D eigenvalue weighted by Gasteiger charge is 2.06. The molecule has 0 aliphatic heterocycles. The van der Waals surface area contributed by atoms with Crippen molar-refractivity contribution in [1.82, 2.24) is 0 Å². The largest absolute Gasteiger partial charge is 0.396 e. The van der Waals surface area contributed by atoms with Crippen LogP contribution in [-0.4, -0.2) is 22.9 Å². The van der Waals surface area contributed by atoms with Crippen LogP contribution in [0.3, 0.4) is 0 Å². The Morgan fingerprint density at radius 1 is 1.75 bits per heavy atom. The van der Waals surface area contributed by atoms with Crippen molar-refractivity contribution >= 4 is 0 Å². The molecule has 0 aromatic carbocycles. The number of aliphatic hydroxyl groups is 2. The van der Waals surface area contributed by atoms with E-state index in [-0.39, 0.29) is 12.5 Å². The van der Waals surface area contributed by atoms with Crippen molar-refractivity contribution in [2.75, 3.05) is 6.61 Å². The van der Waals surface area contributed by atoms with Crippen LogP contribution in [0.1, 0.15) is 6.92 Å². The molecule has 0 saturated heterocycles. The first kappa shape index (κ1) is 7.66. The molecule has 0 fully saturated rings. The zero-order chi connectivity index (χ0) is 6.57. The van der Waals surface area contributed by atoms with Crippen molar-refractivity contribution < 1.29 is 10.2 Å². The summed E-state index contributed by atoms with van der Waals surface area (Å²) < 4.78 is 0. The number of aliphatic hydroxyl groups excluding tert-OH is 2. The van der Waals surface area contributed by atoms with Crippen LogP contribution >= 0.6 is 0 Å². The average Bonchev–Trinajstić information content (AvgIpc) is 1.84. The van der Waals surface area contributed by atoms with E-state index in [1.54, 1.807) is 6.92 Å². The standard InChI is InChI=1S/C6H12O2/c1-3-6(8)5(2)4-7/h3,5-8H,1,4H2,2H3. The lowest BCUT2D eigenvalue weighted by atomic mass is 10.1. The molecule has 0 amide bonds. The van der Waals surface area contributed by atoms with Gasteiger partial charge < -0.3 is 10.2 Å². The number of hydrogen-bond acceptors (Lipinski definition) is 2. The van der Waals surface area contributed by atoms with Crippen LogP contribution in [0.2, 0.25) is 0 Å². The quantitative estimate of drug-likeness (QED) is 0.516. The molecule has 0 rings (SSSR count). The highest BCUT2D eigenvalue weighted by atomic mass is 16.3. The van der Waals surface area contributed by atoms with Crippen molar-refractivity contribution in [1.29, 1.82) is 0 Å². The summed E-state index contributed by atoms with van der Waals surface area (Å²) in [7, 11) is 0. The van der Waals surface area contributed by atoms with Crippen molar-refractivity contribution in [3.63, 3.8) is 0 Å². The van der Waals surface area contributed by atoms with E-state index in [0.717, 1.165) is 0 Å². The second-order valence-corrected chi connectivity index (χ2v) is 1.89. The highest BCUT2D eigenvalue weighted by molar-refractivity contribution is 4.81. The molecule has 0 aliphatic rings. The second kappa shape index (κ2) is 3.64. The van der Waals surface area contributed by atoms with E-state index in [9.17, 15) is 0 Å². The summed E-state index contributed by atoms with van der Waals surface area (Å²) in [5.74, 6) is -0.0903. The van der Waals surface area contributed by atoms with E-state index >= 15 is 0 Å². The Hall–Kier alpha value is -0.340. The van der Waals surface area contributed by atoms with Crippen LogP contribution in [0.15, 0.2) is 12.7 Å². The van der Waals surface area contributed by atoms with Gasteiger partial charge in [-0.05, 0) is 0 Å². The van der Waals surface area contributed by atoms with Gasteiger partial charge in [-0.25, -0.2) is 0 Å². The molecule has 0 aromatic heterocycles. The fraction of sp³-hybridized carbons (Fsp3) is 0.667. The third kappa shape index (κ3) is 2.09. The van der Waals surface area contributed by atoms with Crippen LogP contribution in [0.5, 0.6) is 0 Å². The van der Waals surface area contributed by atoms with Crippen molar-refractivity contribution in [3.05, 3.63) is 12.7 Å². The second-order valence-electron chi connectivity index (χ2n) is 1.89. The summed E-state index contributed by atoms with van der Waals surface area (Å²) in [6.07, 6.45) is 0.848. The molecule has 0 aromatic rings. The Morgan fingerprint density at radius 3 is 2.38 bits per heavy atom. The van der Waals surface area contributed by atoms with E-state index in [4.69, 9.17) is 10.2 Å². The van der Waals surface area contributed by atoms with Gasteiger partial charge in [-0.3, -0.25) is 0 Å². The predicted molar refractivity (Wildman–Crippen MR) is 32.5 cm³/mol. The third-order valence-corrected chi connectivity index (χ3v) is 1.11. The first-order valence-electron chi connectivity index (χ1n) is 2.63.